The van der Waals surface area contributed by atoms with Crippen molar-refractivity contribution in [2.24, 2.45) is 0 Å². The highest BCUT2D eigenvalue weighted by molar-refractivity contribution is 7.11. The lowest BCUT2D eigenvalue weighted by Crippen LogP contribution is -2.06. The Kier molecular flexibility index (Phi) is 4.66. The van der Waals surface area contributed by atoms with Gasteiger partial charge >= 0.3 is 0 Å². The number of rotatable bonds is 5. The Labute approximate surface area is 117 Å². The van der Waals surface area contributed by atoms with Crippen LogP contribution in [0.5, 0.6) is 0 Å². The molecule has 1 aromatic heterocycles. The monoisotopic (exact) mass is 278 g/mol. The molecule has 1 aromatic carbocycles. The molecule has 0 saturated carbocycles. The van der Waals surface area contributed by atoms with Crippen LogP contribution in [0, 0.1) is 5.82 Å². The van der Waals surface area contributed by atoms with Gasteiger partial charge in [0.05, 0.1) is 10.7 Å². The van der Waals surface area contributed by atoms with Crippen LogP contribution in [0.15, 0.2) is 24.3 Å². The summed E-state index contributed by atoms with van der Waals surface area (Å²) in [7, 11) is 1.93. The van der Waals surface area contributed by atoms with Crippen LogP contribution in [0.1, 0.15) is 40.9 Å². The van der Waals surface area contributed by atoms with Crippen molar-refractivity contribution >= 4 is 11.3 Å². The van der Waals surface area contributed by atoms with Gasteiger partial charge in [-0.25, -0.2) is 9.37 Å². The first-order valence-corrected chi connectivity index (χ1v) is 7.30. The number of nitrogens with one attached hydrogen (secondary N) is 1. The van der Waals surface area contributed by atoms with E-state index in [1.807, 2.05) is 19.2 Å². The van der Waals surface area contributed by atoms with Gasteiger partial charge in [-0.05, 0) is 24.6 Å². The molecule has 0 aliphatic carbocycles. The fraction of sp³-hybridized carbons (Fsp3) is 0.400. The molecule has 2 aromatic rings. The number of thiazole rings is 1. The summed E-state index contributed by atoms with van der Waals surface area (Å²) >= 11 is 1.68. The first kappa shape index (κ1) is 14.2. The molecule has 0 fully saturated rings. The minimum atomic E-state index is -0.154. The van der Waals surface area contributed by atoms with E-state index in [9.17, 15) is 4.39 Å². The maximum atomic E-state index is 13.7. The average molecular weight is 278 g/mol. The molecule has 0 atom stereocenters. The van der Waals surface area contributed by atoms with E-state index in [4.69, 9.17) is 0 Å². The third-order valence-corrected chi connectivity index (χ3v) is 4.03. The van der Waals surface area contributed by atoms with Crippen LogP contribution in [-0.2, 0) is 13.0 Å². The highest BCUT2D eigenvalue weighted by Gasteiger charge is 2.14. The molecule has 19 heavy (non-hydrogen) atoms. The van der Waals surface area contributed by atoms with Crippen molar-refractivity contribution < 1.29 is 4.39 Å². The molecule has 0 saturated heterocycles. The van der Waals surface area contributed by atoms with Gasteiger partial charge in [0.25, 0.3) is 0 Å². The van der Waals surface area contributed by atoms with E-state index in [1.54, 1.807) is 17.4 Å². The predicted octanol–water partition coefficient (Wildman–Crippen LogP) is 3.72. The maximum Gasteiger partial charge on any atom is 0.126 e. The largest absolute Gasteiger partial charge is 0.315 e. The first-order valence-electron chi connectivity index (χ1n) is 6.48. The Morgan fingerprint density at radius 3 is 2.68 bits per heavy atom. The normalized spacial score (nSPS) is 11.2. The summed E-state index contributed by atoms with van der Waals surface area (Å²) in [5.74, 6) is 0.243. The van der Waals surface area contributed by atoms with Crippen molar-refractivity contribution in [1.82, 2.24) is 10.3 Å². The molecular weight excluding hydrogens is 259 g/mol. The van der Waals surface area contributed by atoms with Crippen LogP contribution < -0.4 is 5.32 Å². The maximum absolute atomic E-state index is 13.7. The molecule has 1 heterocycles. The highest BCUT2D eigenvalue weighted by atomic mass is 32.1. The summed E-state index contributed by atoms with van der Waals surface area (Å²) in [6, 6.07) is 6.90. The van der Waals surface area contributed by atoms with Gasteiger partial charge in [-0.15, -0.1) is 11.3 Å². The van der Waals surface area contributed by atoms with Gasteiger partial charge in [0, 0.05) is 17.8 Å². The Morgan fingerprint density at radius 1 is 1.32 bits per heavy atom. The first-order chi connectivity index (χ1) is 9.11. The molecule has 0 aliphatic rings. The fourth-order valence-corrected chi connectivity index (χ4v) is 3.29. The van der Waals surface area contributed by atoms with Gasteiger partial charge < -0.3 is 5.32 Å². The number of nitrogens with zero attached hydrogens (tertiary/aromatic N) is 1. The van der Waals surface area contributed by atoms with E-state index in [-0.39, 0.29) is 5.82 Å². The van der Waals surface area contributed by atoms with Gasteiger partial charge in [0.1, 0.15) is 5.82 Å². The minimum Gasteiger partial charge on any atom is -0.315 e. The number of aromatic nitrogens is 1. The molecule has 0 radical (unpaired) electrons. The van der Waals surface area contributed by atoms with Crippen LogP contribution >= 0.6 is 11.3 Å². The number of halogens is 1. The molecule has 2 rings (SSSR count). The second-order valence-corrected chi connectivity index (χ2v) is 6.04. The zero-order valence-electron chi connectivity index (χ0n) is 11.5. The molecule has 0 bridgehead atoms. The third-order valence-electron chi connectivity index (χ3n) is 2.96. The van der Waals surface area contributed by atoms with Crippen molar-refractivity contribution in [3.05, 3.63) is 51.2 Å². The van der Waals surface area contributed by atoms with Crippen molar-refractivity contribution in [3.8, 4) is 0 Å². The van der Waals surface area contributed by atoms with Crippen LogP contribution in [-0.4, -0.2) is 12.0 Å². The van der Waals surface area contributed by atoms with Crippen LogP contribution in [0.25, 0.3) is 0 Å². The molecule has 1 N–H and O–H groups in total. The van der Waals surface area contributed by atoms with Gasteiger partial charge in [-0.1, -0.05) is 32.0 Å². The smallest absolute Gasteiger partial charge is 0.126 e. The second kappa shape index (κ2) is 6.26. The van der Waals surface area contributed by atoms with E-state index in [2.05, 4.69) is 24.1 Å². The predicted molar refractivity (Wildman–Crippen MR) is 78.2 cm³/mol. The Balaban J connectivity index is 2.26. The zero-order chi connectivity index (χ0) is 13.8. The van der Waals surface area contributed by atoms with Gasteiger partial charge in [0.15, 0.2) is 0 Å². The van der Waals surface area contributed by atoms with Crippen molar-refractivity contribution in [1.29, 1.82) is 0 Å². The molecular formula is C15H19FN2S. The Hall–Kier alpha value is -1.26. The van der Waals surface area contributed by atoms with Crippen LogP contribution in [0.2, 0.25) is 0 Å². The number of hydrogen-bond acceptors (Lipinski definition) is 3. The quantitative estimate of drug-likeness (QED) is 0.901. The molecule has 102 valence electrons. The lowest BCUT2D eigenvalue weighted by atomic mass is 10.1. The summed E-state index contributed by atoms with van der Waals surface area (Å²) in [5.41, 5.74) is 1.84. The molecule has 0 unspecified atom stereocenters. The van der Waals surface area contributed by atoms with E-state index in [0.717, 1.165) is 17.2 Å². The number of benzene rings is 1. The zero-order valence-corrected chi connectivity index (χ0v) is 12.4. The average Bonchev–Trinajstić information content (AvgIpc) is 2.76. The lowest BCUT2D eigenvalue weighted by molar-refractivity contribution is 0.613. The molecule has 0 amide bonds. The molecule has 2 nitrogen and oxygen atoms in total. The van der Waals surface area contributed by atoms with Gasteiger partial charge in [-0.2, -0.15) is 0 Å². The SMILES string of the molecule is CNCc1sc(Cc2ccccc2F)nc1C(C)C. The topological polar surface area (TPSA) is 24.9 Å². The summed E-state index contributed by atoms with van der Waals surface area (Å²) in [6.07, 6.45) is 0.570. The van der Waals surface area contributed by atoms with Gasteiger partial charge in [0.2, 0.25) is 0 Å². The van der Waals surface area contributed by atoms with Gasteiger partial charge in [-0.3, -0.25) is 0 Å². The standard InChI is InChI=1S/C15H19FN2S/c1-10(2)15-13(9-17-3)19-14(18-15)8-11-6-4-5-7-12(11)16/h4-7,10,17H,8-9H2,1-3H3. The summed E-state index contributed by atoms with van der Waals surface area (Å²) in [6.45, 7) is 5.10. The van der Waals surface area contributed by atoms with Crippen LogP contribution in [0.4, 0.5) is 4.39 Å². The molecule has 4 heteroatoms. The Morgan fingerprint density at radius 2 is 2.05 bits per heavy atom. The molecule has 0 spiro atoms. The van der Waals surface area contributed by atoms with E-state index in [1.165, 1.54) is 10.9 Å². The highest BCUT2D eigenvalue weighted by Crippen LogP contribution is 2.27. The summed E-state index contributed by atoms with van der Waals surface area (Å²) < 4.78 is 13.7. The summed E-state index contributed by atoms with van der Waals surface area (Å²) in [4.78, 5) is 5.93. The summed E-state index contributed by atoms with van der Waals surface area (Å²) in [5, 5.41) is 4.15. The van der Waals surface area contributed by atoms with Crippen molar-refractivity contribution in [2.75, 3.05) is 7.05 Å². The third kappa shape index (κ3) is 3.39. The second-order valence-electron chi connectivity index (χ2n) is 4.87. The Bertz CT molecular complexity index is 549. The lowest BCUT2D eigenvalue weighted by Gasteiger charge is -2.03. The minimum absolute atomic E-state index is 0.154. The van der Waals surface area contributed by atoms with E-state index in [0.29, 0.717) is 17.9 Å². The van der Waals surface area contributed by atoms with Crippen molar-refractivity contribution in [2.45, 2.75) is 32.7 Å². The van der Waals surface area contributed by atoms with E-state index >= 15 is 0 Å². The molecule has 0 aliphatic heterocycles. The van der Waals surface area contributed by atoms with Crippen molar-refractivity contribution in [3.63, 3.8) is 0 Å². The van der Waals surface area contributed by atoms with E-state index < -0.39 is 0 Å². The van der Waals surface area contributed by atoms with Crippen LogP contribution in [0.3, 0.4) is 0 Å². The fourth-order valence-electron chi connectivity index (χ4n) is 2.03. The number of hydrogen-bond donors (Lipinski definition) is 1.